The molecule has 0 aliphatic rings. The summed E-state index contributed by atoms with van der Waals surface area (Å²) in [4.78, 5) is -0.0512. The standard InChI is InChI=1S/C15H12Br3ClO2/c1-20-12-4-3-11(15(21-2)14(12)19)13(18)8-5-9(16)7-10(17)6-8/h3-7,13H,1-2H3. The first-order chi connectivity index (χ1) is 9.97. The van der Waals surface area contributed by atoms with Crippen molar-refractivity contribution in [2.75, 3.05) is 14.2 Å². The molecular formula is C15H12Br3ClO2. The summed E-state index contributed by atoms with van der Waals surface area (Å²) in [6.45, 7) is 0. The zero-order valence-electron chi connectivity index (χ0n) is 11.3. The van der Waals surface area contributed by atoms with Crippen LogP contribution < -0.4 is 9.47 Å². The Hall–Kier alpha value is -0.230. The van der Waals surface area contributed by atoms with Gasteiger partial charge in [-0.25, -0.2) is 0 Å². The molecule has 0 bridgehead atoms. The maximum absolute atomic E-state index is 6.32. The van der Waals surface area contributed by atoms with E-state index in [1.54, 1.807) is 14.2 Å². The van der Waals surface area contributed by atoms with Gasteiger partial charge in [-0.15, -0.1) is 0 Å². The summed E-state index contributed by atoms with van der Waals surface area (Å²) in [7, 11) is 3.18. The number of hydrogen-bond donors (Lipinski definition) is 0. The Labute approximate surface area is 154 Å². The van der Waals surface area contributed by atoms with E-state index in [-0.39, 0.29) is 4.83 Å². The van der Waals surface area contributed by atoms with Gasteiger partial charge in [-0.2, -0.15) is 0 Å². The smallest absolute Gasteiger partial charge is 0.145 e. The minimum absolute atomic E-state index is 0.0512. The molecule has 1 unspecified atom stereocenters. The van der Waals surface area contributed by atoms with Crippen LogP contribution >= 0.6 is 59.4 Å². The summed E-state index contributed by atoms with van der Waals surface area (Å²) in [6, 6.07) is 9.85. The number of rotatable bonds is 4. The summed E-state index contributed by atoms with van der Waals surface area (Å²) in [6.07, 6.45) is 0. The number of benzene rings is 2. The van der Waals surface area contributed by atoms with Gasteiger partial charge < -0.3 is 9.47 Å². The molecule has 0 aliphatic heterocycles. The maximum Gasteiger partial charge on any atom is 0.145 e. The summed E-state index contributed by atoms with van der Waals surface area (Å²) in [5.74, 6) is 1.20. The van der Waals surface area contributed by atoms with Crippen molar-refractivity contribution >= 4 is 59.4 Å². The van der Waals surface area contributed by atoms with E-state index in [1.807, 2.05) is 30.3 Å². The molecule has 0 spiro atoms. The van der Waals surface area contributed by atoms with Gasteiger partial charge in [-0.3, -0.25) is 0 Å². The molecule has 0 radical (unpaired) electrons. The minimum Gasteiger partial charge on any atom is -0.495 e. The van der Waals surface area contributed by atoms with Crippen molar-refractivity contribution in [3.63, 3.8) is 0 Å². The molecule has 0 heterocycles. The predicted octanol–water partition coefficient (Wildman–Crippen LogP) is 6.37. The third-order valence-electron chi connectivity index (χ3n) is 2.97. The van der Waals surface area contributed by atoms with Crippen molar-refractivity contribution in [1.82, 2.24) is 0 Å². The average Bonchev–Trinajstić information content (AvgIpc) is 2.45. The summed E-state index contributed by atoms with van der Waals surface area (Å²) in [5.41, 5.74) is 2.02. The van der Waals surface area contributed by atoms with E-state index in [0.29, 0.717) is 16.5 Å². The largest absolute Gasteiger partial charge is 0.495 e. The normalized spacial score (nSPS) is 12.1. The highest BCUT2D eigenvalue weighted by molar-refractivity contribution is 9.11. The van der Waals surface area contributed by atoms with Gasteiger partial charge in [0.1, 0.15) is 16.5 Å². The van der Waals surface area contributed by atoms with Crippen LogP contribution in [0.25, 0.3) is 0 Å². The molecule has 0 N–H and O–H groups in total. The zero-order chi connectivity index (χ0) is 15.6. The van der Waals surface area contributed by atoms with Crippen molar-refractivity contribution < 1.29 is 9.47 Å². The first-order valence-electron chi connectivity index (χ1n) is 5.98. The summed E-state index contributed by atoms with van der Waals surface area (Å²) >= 11 is 17.0. The number of methoxy groups -OCH3 is 2. The third kappa shape index (κ3) is 3.76. The second-order valence-electron chi connectivity index (χ2n) is 4.27. The fraction of sp³-hybridized carbons (Fsp3) is 0.200. The van der Waals surface area contributed by atoms with Gasteiger partial charge in [-0.05, 0) is 29.8 Å². The lowest BCUT2D eigenvalue weighted by Gasteiger charge is -2.18. The summed E-state index contributed by atoms with van der Waals surface area (Å²) in [5, 5.41) is 0.469. The van der Waals surface area contributed by atoms with Crippen molar-refractivity contribution in [2.45, 2.75) is 4.83 Å². The molecule has 21 heavy (non-hydrogen) atoms. The molecule has 112 valence electrons. The minimum atomic E-state index is -0.0512. The topological polar surface area (TPSA) is 18.5 Å². The van der Waals surface area contributed by atoms with Crippen molar-refractivity contribution in [3.8, 4) is 11.5 Å². The van der Waals surface area contributed by atoms with Crippen LogP contribution in [0, 0.1) is 0 Å². The molecule has 2 rings (SSSR count). The van der Waals surface area contributed by atoms with E-state index in [4.69, 9.17) is 21.1 Å². The Morgan fingerprint density at radius 2 is 1.62 bits per heavy atom. The van der Waals surface area contributed by atoms with E-state index in [0.717, 1.165) is 20.1 Å². The van der Waals surface area contributed by atoms with Crippen LogP contribution in [0.4, 0.5) is 0 Å². The van der Waals surface area contributed by atoms with E-state index in [2.05, 4.69) is 47.8 Å². The van der Waals surface area contributed by atoms with Crippen LogP contribution in [0.3, 0.4) is 0 Å². The first kappa shape index (κ1) is 17.1. The van der Waals surface area contributed by atoms with Gasteiger partial charge >= 0.3 is 0 Å². The number of hydrogen-bond acceptors (Lipinski definition) is 2. The van der Waals surface area contributed by atoms with Crippen LogP contribution in [0.1, 0.15) is 16.0 Å². The number of ether oxygens (including phenoxy) is 2. The molecule has 0 aliphatic carbocycles. The van der Waals surface area contributed by atoms with Crippen LogP contribution in [0.5, 0.6) is 11.5 Å². The predicted molar refractivity (Wildman–Crippen MR) is 97.2 cm³/mol. The first-order valence-corrected chi connectivity index (χ1v) is 8.86. The Morgan fingerprint density at radius 3 is 2.14 bits per heavy atom. The van der Waals surface area contributed by atoms with E-state index < -0.39 is 0 Å². The lowest BCUT2D eigenvalue weighted by molar-refractivity contribution is 0.392. The van der Waals surface area contributed by atoms with Crippen molar-refractivity contribution in [1.29, 1.82) is 0 Å². The van der Waals surface area contributed by atoms with Gasteiger partial charge in [-0.1, -0.05) is 65.5 Å². The highest BCUT2D eigenvalue weighted by Crippen LogP contribution is 2.44. The maximum atomic E-state index is 6.32. The van der Waals surface area contributed by atoms with Gasteiger partial charge in [0.2, 0.25) is 0 Å². The molecule has 1 atom stereocenters. The second-order valence-corrected chi connectivity index (χ2v) is 7.39. The third-order valence-corrected chi connectivity index (χ3v) is 5.26. The van der Waals surface area contributed by atoms with E-state index >= 15 is 0 Å². The monoisotopic (exact) mass is 496 g/mol. The molecule has 0 saturated heterocycles. The van der Waals surface area contributed by atoms with Gasteiger partial charge in [0.05, 0.1) is 19.0 Å². The van der Waals surface area contributed by atoms with Crippen LogP contribution in [0.15, 0.2) is 39.3 Å². The Balaban J connectivity index is 2.52. The quantitative estimate of drug-likeness (QED) is 0.456. The van der Waals surface area contributed by atoms with Crippen LogP contribution in [-0.4, -0.2) is 14.2 Å². The van der Waals surface area contributed by atoms with E-state index in [1.165, 1.54) is 0 Å². The Morgan fingerprint density at radius 1 is 1.00 bits per heavy atom. The molecule has 0 fully saturated rings. The molecule has 2 nitrogen and oxygen atoms in total. The Kier molecular flexibility index (Phi) is 6.00. The van der Waals surface area contributed by atoms with Crippen molar-refractivity contribution in [2.24, 2.45) is 0 Å². The molecule has 0 amide bonds. The molecule has 0 aromatic heterocycles. The zero-order valence-corrected chi connectivity index (χ0v) is 16.8. The fourth-order valence-electron chi connectivity index (χ4n) is 2.02. The van der Waals surface area contributed by atoms with Gasteiger partial charge in [0.15, 0.2) is 0 Å². The Bertz CT molecular complexity index is 641. The van der Waals surface area contributed by atoms with E-state index in [9.17, 15) is 0 Å². The highest BCUT2D eigenvalue weighted by atomic mass is 79.9. The van der Waals surface area contributed by atoms with Gasteiger partial charge in [0, 0.05) is 14.5 Å². The lowest BCUT2D eigenvalue weighted by atomic mass is 10.0. The average molecular weight is 499 g/mol. The van der Waals surface area contributed by atoms with Gasteiger partial charge in [0.25, 0.3) is 0 Å². The molecule has 0 saturated carbocycles. The SMILES string of the molecule is COc1ccc(C(Br)c2cc(Br)cc(Br)c2)c(OC)c1Cl. The second kappa shape index (κ2) is 7.36. The number of halogens is 4. The van der Waals surface area contributed by atoms with Crippen LogP contribution in [0.2, 0.25) is 5.02 Å². The summed E-state index contributed by atoms with van der Waals surface area (Å²) < 4.78 is 12.7. The molecule has 2 aromatic carbocycles. The molecule has 2 aromatic rings. The highest BCUT2D eigenvalue weighted by Gasteiger charge is 2.20. The van der Waals surface area contributed by atoms with Crippen LogP contribution in [-0.2, 0) is 0 Å². The number of alkyl halides is 1. The molecular weight excluding hydrogens is 487 g/mol. The lowest BCUT2D eigenvalue weighted by Crippen LogP contribution is -1.99. The fourth-order valence-corrected chi connectivity index (χ4v) is 4.30. The molecule has 6 heteroatoms. The van der Waals surface area contributed by atoms with Crippen molar-refractivity contribution in [3.05, 3.63) is 55.4 Å².